The van der Waals surface area contributed by atoms with Gasteiger partial charge in [0.15, 0.2) is 0 Å². The molecule has 36 heavy (non-hydrogen) atoms. The third kappa shape index (κ3) is 5.19. The first-order valence-corrected chi connectivity index (χ1v) is 13.5. The van der Waals surface area contributed by atoms with E-state index in [0.29, 0.717) is 11.4 Å². The molecule has 7 nitrogen and oxygen atoms in total. The van der Waals surface area contributed by atoms with Crippen molar-refractivity contribution in [2.45, 2.75) is 13.8 Å². The standard InChI is InChI=1S/C28H31N4O3P/c1-5-34-36(33,35-6-2)28-27(32(4)24-20-14-9-15-21-24)26(31(3)23-18-12-8-13-19-23)25(29-30-28)22-16-10-7-11-17-22/h7-21H,5-6H2,1-4H3. The Labute approximate surface area is 212 Å². The van der Waals surface area contributed by atoms with Gasteiger partial charge >= 0.3 is 7.60 Å². The zero-order valence-corrected chi connectivity index (χ0v) is 21.9. The number of anilines is 4. The molecule has 0 N–H and O–H groups in total. The average molecular weight is 503 g/mol. The summed E-state index contributed by atoms with van der Waals surface area (Å²) in [4.78, 5) is 4.01. The van der Waals surface area contributed by atoms with Crippen LogP contribution in [0.1, 0.15) is 13.8 Å². The van der Waals surface area contributed by atoms with Crippen molar-refractivity contribution in [2.24, 2.45) is 0 Å². The average Bonchev–Trinajstić information content (AvgIpc) is 2.93. The molecule has 0 aliphatic rings. The molecule has 0 amide bonds. The van der Waals surface area contributed by atoms with Crippen LogP contribution < -0.4 is 15.2 Å². The molecule has 0 radical (unpaired) electrons. The van der Waals surface area contributed by atoms with Crippen molar-refractivity contribution in [3.8, 4) is 11.3 Å². The summed E-state index contributed by atoms with van der Waals surface area (Å²) in [5.41, 5.74) is 4.90. The summed E-state index contributed by atoms with van der Waals surface area (Å²) in [5.74, 6) is 0. The highest BCUT2D eigenvalue weighted by atomic mass is 31.2. The highest BCUT2D eigenvalue weighted by molar-refractivity contribution is 7.62. The molecule has 0 aliphatic carbocycles. The van der Waals surface area contributed by atoms with Gasteiger partial charge < -0.3 is 18.8 Å². The number of para-hydroxylation sites is 2. The molecular weight excluding hydrogens is 471 g/mol. The van der Waals surface area contributed by atoms with Crippen molar-refractivity contribution < 1.29 is 13.6 Å². The molecule has 4 rings (SSSR count). The molecule has 0 saturated carbocycles. The molecule has 1 heterocycles. The van der Waals surface area contributed by atoms with Crippen LogP contribution >= 0.6 is 7.60 Å². The second kappa shape index (κ2) is 11.5. The van der Waals surface area contributed by atoms with Crippen molar-refractivity contribution in [2.75, 3.05) is 37.1 Å². The van der Waals surface area contributed by atoms with E-state index in [1.54, 1.807) is 13.8 Å². The number of nitrogens with zero attached hydrogens (tertiary/aromatic N) is 4. The Bertz CT molecular complexity index is 1310. The van der Waals surface area contributed by atoms with Crippen molar-refractivity contribution in [3.63, 3.8) is 0 Å². The highest BCUT2D eigenvalue weighted by Crippen LogP contribution is 2.52. The Balaban J connectivity index is 2.09. The Kier molecular flexibility index (Phi) is 8.16. The first kappa shape index (κ1) is 25.6. The summed E-state index contributed by atoms with van der Waals surface area (Å²) in [6.07, 6.45) is 0. The summed E-state index contributed by atoms with van der Waals surface area (Å²) < 4.78 is 25.6. The molecule has 3 aromatic carbocycles. The van der Waals surface area contributed by atoms with Crippen LogP contribution in [0.5, 0.6) is 0 Å². The molecular formula is C28H31N4O3P. The predicted octanol–water partition coefficient (Wildman–Crippen LogP) is 6.57. The summed E-state index contributed by atoms with van der Waals surface area (Å²) >= 11 is 0. The quantitative estimate of drug-likeness (QED) is 0.227. The van der Waals surface area contributed by atoms with Crippen LogP contribution in [-0.2, 0) is 13.6 Å². The minimum atomic E-state index is -3.80. The van der Waals surface area contributed by atoms with Crippen molar-refractivity contribution in [3.05, 3.63) is 91.0 Å². The summed E-state index contributed by atoms with van der Waals surface area (Å²) in [5, 5.41) is 9.13. The minimum absolute atomic E-state index is 0.176. The lowest BCUT2D eigenvalue weighted by Gasteiger charge is -2.32. The van der Waals surface area contributed by atoms with Gasteiger partial charge in [0.05, 0.1) is 18.9 Å². The van der Waals surface area contributed by atoms with Gasteiger partial charge in [0.1, 0.15) is 11.4 Å². The molecule has 4 aromatic rings. The second-order valence-corrected chi connectivity index (χ2v) is 9.99. The number of rotatable bonds is 10. The van der Waals surface area contributed by atoms with E-state index in [0.717, 1.165) is 22.6 Å². The molecule has 186 valence electrons. The number of hydrogen-bond donors (Lipinski definition) is 0. The first-order chi connectivity index (χ1) is 17.5. The van der Waals surface area contributed by atoms with E-state index >= 15 is 0 Å². The topological polar surface area (TPSA) is 67.8 Å². The van der Waals surface area contributed by atoms with E-state index in [9.17, 15) is 4.57 Å². The van der Waals surface area contributed by atoms with Gasteiger partial charge in [0.2, 0.25) is 5.44 Å². The Hall–Kier alpha value is -3.51. The zero-order valence-electron chi connectivity index (χ0n) is 21.0. The molecule has 1 aromatic heterocycles. The summed E-state index contributed by atoms with van der Waals surface area (Å²) in [7, 11) is 0.100. The van der Waals surface area contributed by atoms with Gasteiger partial charge in [-0.3, -0.25) is 4.57 Å². The smallest absolute Gasteiger partial charge is 0.341 e. The van der Waals surface area contributed by atoms with Crippen LogP contribution in [0.25, 0.3) is 11.3 Å². The largest absolute Gasteiger partial charge is 0.383 e. The van der Waals surface area contributed by atoms with Crippen molar-refractivity contribution in [1.82, 2.24) is 10.2 Å². The molecule has 0 unspecified atom stereocenters. The fraction of sp³-hybridized carbons (Fsp3) is 0.214. The molecule has 0 spiro atoms. The molecule has 0 aliphatic heterocycles. The fourth-order valence-electron chi connectivity index (χ4n) is 4.07. The SMILES string of the molecule is CCOP(=O)(OCC)c1nnc(-c2ccccc2)c(N(C)c2ccccc2)c1N(C)c1ccccc1. The Morgan fingerprint density at radius 2 is 1.11 bits per heavy atom. The monoisotopic (exact) mass is 502 g/mol. The van der Waals surface area contributed by atoms with Crippen LogP contribution in [0, 0.1) is 0 Å². The lowest BCUT2D eigenvalue weighted by atomic mass is 10.1. The lowest BCUT2D eigenvalue weighted by molar-refractivity contribution is 0.229. The number of hydrogen-bond acceptors (Lipinski definition) is 7. The fourth-order valence-corrected chi connectivity index (χ4v) is 5.74. The van der Waals surface area contributed by atoms with E-state index in [2.05, 4.69) is 10.2 Å². The van der Waals surface area contributed by atoms with Gasteiger partial charge in [-0.05, 0) is 38.1 Å². The van der Waals surface area contributed by atoms with Gasteiger partial charge in [0, 0.05) is 31.0 Å². The van der Waals surface area contributed by atoms with E-state index in [1.165, 1.54) is 0 Å². The normalized spacial score (nSPS) is 11.3. The minimum Gasteiger partial charge on any atom is -0.341 e. The predicted molar refractivity (Wildman–Crippen MR) is 147 cm³/mol. The molecule has 0 bridgehead atoms. The maximum Gasteiger partial charge on any atom is 0.383 e. The molecule has 0 fully saturated rings. The van der Waals surface area contributed by atoms with Crippen LogP contribution in [0.4, 0.5) is 22.7 Å². The van der Waals surface area contributed by atoms with E-state index < -0.39 is 7.60 Å². The van der Waals surface area contributed by atoms with Gasteiger partial charge in [0.25, 0.3) is 0 Å². The summed E-state index contributed by atoms with van der Waals surface area (Å²) in [6.45, 7) is 3.99. The van der Waals surface area contributed by atoms with Crippen LogP contribution in [0.3, 0.4) is 0 Å². The van der Waals surface area contributed by atoms with Crippen LogP contribution in [0.15, 0.2) is 91.0 Å². The van der Waals surface area contributed by atoms with Gasteiger partial charge in [-0.25, -0.2) is 0 Å². The third-order valence-electron chi connectivity index (χ3n) is 5.77. The Morgan fingerprint density at radius 3 is 1.58 bits per heavy atom. The second-order valence-electron chi connectivity index (χ2n) is 8.06. The van der Waals surface area contributed by atoms with Gasteiger partial charge in [-0.2, -0.15) is 0 Å². The van der Waals surface area contributed by atoms with Crippen LogP contribution in [0.2, 0.25) is 0 Å². The number of aromatic nitrogens is 2. The summed E-state index contributed by atoms with van der Waals surface area (Å²) in [6, 6.07) is 29.7. The van der Waals surface area contributed by atoms with E-state index in [1.807, 2.05) is 115 Å². The molecule has 0 atom stereocenters. The maximum absolute atomic E-state index is 14.1. The molecule has 0 saturated heterocycles. The highest BCUT2D eigenvalue weighted by Gasteiger charge is 2.37. The van der Waals surface area contributed by atoms with E-state index in [-0.39, 0.29) is 18.6 Å². The van der Waals surface area contributed by atoms with Gasteiger partial charge in [-0.15, -0.1) is 10.2 Å². The molecule has 8 heteroatoms. The van der Waals surface area contributed by atoms with E-state index in [4.69, 9.17) is 9.05 Å². The third-order valence-corrected chi connectivity index (χ3v) is 7.78. The maximum atomic E-state index is 14.1. The van der Waals surface area contributed by atoms with Crippen molar-refractivity contribution in [1.29, 1.82) is 0 Å². The van der Waals surface area contributed by atoms with Gasteiger partial charge in [-0.1, -0.05) is 66.7 Å². The zero-order chi connectivity index (χ0) is 25.5. The van der Waals surface area contributed by atoms with Crippen molar-refractivity contribution >= 4 is 35.8 Å². The number of benzene rings is 3. The van der Waals surface area contributed by atoms with Crippen LogP contribution in [-0.4, -0.2) is 37.5 Å². The lowest BCUT2D eigenvalue weighted by Crippen LogP contribution is -2.29. The first-order valence-electron chi connectivity index (χ1n) is 11.9. The Morgan fingerprint density at radius 1 is 0.667 bits per heavy atom.